The van der Waals surface area contributed by atoms with Crippen molar-refractivity contribution in [2.75, 3.05) is 19.6 Å². The van der Waals surface area contributed by atoms with Gasteiger partial charge in [-0.2, -0.15) is 13.2 Å². The lowest BCUT2D eigenvalue weighted by atomic mass is 9.95. The smallest absolute Gasteiger partial charge is 0.339 e. The van der Waals surface area contributed by atoms with Crippen LogP contribution in [0.4, 0.5) is 13.2 Å². The van der Waals surface area contributed by atoms with Gasteiger partial charge in [-0.25, -0.2) is 0 Å². The second-order valence-electron chi connectivity index (χ2n) is 6.75. The van der Waals surface area contributed by atoms with Crippen LogP contribution in [0.3, 0.4) is 0 Å². The number of nitrogens with two attached hydrogens (primary N) is 1. The monoisotopic (exact) mass is 377 g/mol. The number of carbonyl (C=O) groups is 1. The average Bonchev–Trinajstić information content (AvgIpc) is 3.04. The van der Waals surface area contributed by atoms with Crippen molar-refractivity contribution in [2.24, 2.45) is 5.73 Å². The van der Waals surface area contributed by atoms with Crippen LogP contribution in [0.2, 0.25) is 0 Å². The Balaban J connectivity index is 1.63. The minimum absolute atomic E-state index is 0.0114. The van der Waals surface area contributed by atoms with Gasteiger partial charge >= 0.3 is 6.18 Å². The first kappa shape index (κ1) is 19.4. The highest BCUT2D eigenvalue weighted by Crippen LogP contribution is 2.32. The lowest BCUT2D eigenvalue weighted by molar-refractivity contribution is -0.159. The maximum absolute atomic E-state index is 13.4. The summed E-state index contributed by atoms with van der Waals surface area (Å²) < 4.78 is 40.1. The molecule has 1 heterocycles. The van der Waals surface area contributed by atoms with Crippen molar-refractivity contribution in [2.45, 2.75) is 24.2 Å². The summed E-state index contributed by atoms with van der Waals surface area (Å²) in [5, 5.41) is 2.37. The van der Waals surface area contributed by atoms with Crippen molar-refractivity contribution >= 4 is 5.91 Å². The number of benzene rings is 2. The molecular weight excluding hydrogens is 355 g/mol. The molecule has 1 fully saturated rings. The molecule has 4 nitrogen and oxygen atoms in total. The zero-order chi connectivity index (χ0) is 19.4. The summed E-state index contributed by atoms with van der Waals surface area (Å²) in [5.41, 5.74) is 7.28. The van der Waals surface area contributed by atoms with Crippen LogP contribution in [0.25, 0.3) is 0 Å². The molecule has 0 spiro atoms. The minimum atomic E-state index is -4.49. The van der Waals surface area contributed by atoms with Gasteiger partial charge in [0.2, 0.25) is 5.91 Å². The molecule has 0 saturated carbocycles. The minimum Gasteiger partial charge on any atom is -0.339 e. The van der Waals surface area contributed by atoms with E-state index in [-0.39, 0.29) is 23.4 Å². The molecule has 2 aromatic carbocycles. The van der Waals surface area contributed by atoms with Crippen LogP contribution in [-0.2, 0) is 4.79 Å². The van der Waals surface area contributed by atoms with E-state index in [9.17, 15) is 18.0 Å². The van der Waals surface area contributed by atoms with E-state index in [1.54, 1.807) is 18.2 Å². The predicted octanol–water partition coefficient (Wildman–Crippen LogP) is 2.83. The van der Waals surface area contributed by atoms with E-state index in [1.807, 2.05) is 30.3 Å². The van der Waals surface area contributed by atoms with Crippen molar-refractivity contribution < 1.29 is 18.0 Å². The maximum atomic E-state index is 13.4. The third kappa shape index (κ3) is 4.67. The van der Waals surface area contributed by atoms with Crippen LogP contribution in [0, 0.1) is 0 Å². The zero-order valence-corrected chi connectivity index (χ0v) is 14.7. The molecule has 1 saturated heterocycles. The van der Waals surface area contributed by atoms with Crippen molar-refractivity contribution in [3.8, 4) is 0 Å². The van der Waals surface area contributed by atoms with Crippen LogP contribution in [0.1, 0.15) is 23.1 Å². The quantitative estimate of drug-likeness (QED) is 0.843. The Morgan fingerprint density at radius 3 is 2.26 bits per heavy atom. The summed E-state index contributed by atoms with van der Waals surface area (Å²) in [6.07, 6.45) is -4.49. The molecule has 0 bridgehead atoms. The number of likely N-dealkylation sites (tertiary alicyclic amines) is 1. The first-order chi connectivity index (χ1) is 12.9. The Bertz CT molecular complexity index is 752. The largest absolute Gasteiger partial charge is 0.407 e. The van der Waals surface area contributed by atoms with E-state index in [0.29, 0.717) is 13.1 Å². The Kier molecular flexibility index (Phi) is 5.82. The van der Waals surface area contributed by atoms with Crippen LogP contribution in [0.5, 0.6) is 0 Å². The molecule has 0 aromatic heterocycles. The van der Waals surface area contributed by atoms with E-state index in [1.165, 1.54) is 17.0 Å². The van der Waals surface area contributed by atoms with Gasteiger partial charge in [-0.15, -0.1) is 0 Å². The zero-order valence-electron chi connectivity index (χ0n) is 14.7. The molecule has 3 rings (SSSR count). The molecule has 27 heavy (non-hydrogen) atoms. The normalized spacial score (nSPS) is 21.3. The number of amides is 1. The number of hydrogen-bond donors (Lipinski definition) is 2. The van der Waals surface area contributed by atoms with Crippen molar-refractivity contribution in [1.29, 1.82) is 0 Å². The Morgan fingerprint density at radius 1 is 1.07 bits per heavy atom. The van der Waals surface area contributed by atoms with E-state index in [2.05, 4.69) is 5.32 Å². The summed E-state index contributed by atoms with van der Waals surface area (Å²) in [4.78, 5) is 14.0. The summed E-state index contributed by atoms with van der Waals surface area (Å²) in [6.45, 7) is 0.350. The van der Waals surface area contributed by atoms with Gasteiger partial charge in [0.15, 0.2) is 0 Å². The number of rotatable bonds is 5. The number of halogens is 3. The van der Waals surface area contributed by atoms with Gasteiger partial charge in [0.25, 0.3) is 0 Å². The molecule has 1 amide bonds. The molecular formula is C20H22F3N3O. The molecule has 1 unspecified atom stereocenters. The van der Waals surface area contributed by atoms with Crippen LogP contribution in [-0.4, -0.2) is 42.7 Å². The summed E-state index contributed by atoms with van der Waals surface area (Å²) in [6, 6.07) is 15.0. The first-order valence-corrected chi connectivity index (χ1v) is 8.79. The summed E-state index contributed by atoms with van der Waals surface area (Å²) in [7, 11) is 0. The molecule has 0 aliphatic carbocycles. The van der Waals surface area contributed by atoms with Gasteiger partial charge in [0, 0.05) is 25.0 Å². The lowest BCUT2D eigenvalue weighted by Crippen LogP contribution is -2.42. The number of nitrogens with one attached hydrogen (secondary N) is 1. The second kappa shape index (κ2) is 8.10. The first-order valence-electron chi connectivity index (χ1n) is 8.79. The molecule has 2 aromatic rings. The fraction of sp³-hybridized carbons (Fsp3) is 0.350. The third-order valence-corrected chi connectivity index (χ3v) is 4.86. The highest BCUT2D eigenvalue weighted by atomic mass is 19.4. The predicted molar refractivity (Wildman–Crippen MR) is 97.0 cm³/mol. The van der Waals surface area contributed by atoms with Crippen molar-refractivity contribution in [3.63, 3.8) is 0 Å². The van der Waals surface area contributed by atoms with E-state index in [0.717, 1.165) is 5.56 Å². The molecule has 0 radical (unpaired) electrons. The molecule has 144 valence electrons. The second-order valence-corrected chi connectivity index (χ2v) is 6.75. The maximum Gasteiger partial charge on any atom is 0.407 e. The van der Waals surface area contributed by atoms with E-state index >= 15 is 0 Å². The van der Waals surface area contributed by atoms with Crippen LogP contribution >= 0.6 is 0 Å². The SMILES string of the molecule is N[C@@H]1CN(C(=O)CNC(c2ccccc2)C(F)(F)F)C[C@H]1c1ccccc1. The number of alkyl halides is 3. The standard InChI is InChI=1S/C20H22F3N3O/c21-20(22,23)19(15-9-5-2-6-10-15)25-11-18(27)26-12-16(17(24)13-26)14-7-3-1-4-8-14/h1-10,16-17,19,25H,11-13,24H2/t16-,17+,19?/m0/s1. The van der Waals surface area contributed by atoms with Crippen molar-refractivity contribution in [3.05, 3.63) is 71.8 Å². The molecule has 3 atom stereocenters. The fourth-order valence-corrected chi connectivity index (χ4v) is 3.45. The van der Waals surface area contributed by atoms with Crippen molar-refractivity contribution in [1.82, 2.24) is 10.2 Å². The Hall–Kier alpha value is -2.38. The number of nitrogens with zero attached hydrogens (tertiary/aromatic N) is 1. The fourth-order valence-electron chi connectivity index (χ4n) is 3.45. The molecule has 3 N–H and O–H groups in total. The third-order valence-electron chi connectivity index (χ3n) is 4.86. The Labute approximate surface area is 156 Å². The highest BCUT2D eigenvalue weighted by molar-refractivity contribution is 5.79. The summed E-state index contributed by atoms with van der Waals surface area (Å²) in [5.74, 6) is -0.392. The number of hydrogen-bond acceptors (Lipinski definition) is 3. The molecule has 1 aliphatic heterocycles. The molecule has 1 aliphatic rings. The van der Waals surface area contributed by atoms with E-state index in [4.69, 9.17) is 5.73 Å². The average molecular weight is 377 g/mol. The van der Waals surface area contributed by atoms with Crippen LogP contribution < -0.4 is 11.1 Å². The summed E-state index contributed by atoms with van der Waals surface area (Å²) >= 11 is 0. The molecule has 7 heteroatoms. The van der Waals surface area contributed by atoms with Gasteiger partial charge in [-0.3, -0.25) is 10.1 Å². The van der Waals surface area contributed by atoms with Crippen LogP contribution in [0.15, 0.2) is 60.7 Å². The Morgan fingerprint density at radius 2 is 1.67 bits per heavy atom. The number of carbonyl (C=O) groups excluding carboxylic acids is 1. The van der Waals surface area contributed by atoms with Gasteiger partial charge in [0.05, 0.1) is 6.54 Å². The highest BCUT2D eigenvalue weighted by Gasteiger charge is 2.41. The van der Waals surface area contributed by atoms with E-state index < -0.39 is 18.8 Å². The van der Waals surface area contributed by atoms with Gasteiger partial charge in [-0.05, 0) is 11.1 Å². The lowest BCUT2D eigenvalue weighted by Gasteiger charge is -2.23. The topological polar surface area (TPSA) is 58.4 Å². The van der Waals surface area contributed by atoms with Gasteiger partial charge in [-0.1, -0.05) is 60.7 Å². The van der Waals surface area contributed by atoms with Gasteiger partial charge in [0.1, 0.15) is 6.04 Å². The van der Waals surface area contributed by atoms with Gasteiger partial charge < -0.3 is 10.6 Å².